The van der Waals surface area contributed by atoms with E-state index in [0.717, 1.165) is 47.2 Å². The van der Waals surface area contributed by atoms with Crippen LogP contribution in [0.1, 0.15) is 41.2 Å². The molecule has 2 aromatic rings. The van der Waals surface area contributed by atoms with E-state index < -0.39 is 10.0 Å². The molecule has 8 heteroatoms. The molecule has 1 fully saturated rings. The molecule has 1 amide bonds. The van der Waals surface area contributed by atoms with E-state index >= 15 is 0 Å². The second-order valence-corrected chi connectivity index (χ2v) is 10.0. The maximum Gasteiger partial charge on any atom is 0.253 e. The molecular weight excluding hydrogens is 402 g/mol. The summed E-state index contributed by atoms with van der Waals surface area (Å²) in [4.78, 5) is 15.6. The number of ether oxygens (including phenoxy) is 1. The van der Waals surface area contributed by atoms with Crippen LogP contribution in [0.4, 0.5) is 5.69 Å². The van der Waals surface area contributed by atoms with Gasteiger partial charge in [-0.05, 0) is 37.1 Å². The van der Waals surface area contributed by atoms with Gasteiger partial charge in [-0.1, -0.05) is 18.2 Å². The maximum atomic E-state index is 13.4. The highest BCUT2D eigenvalue weighted by Crippen LogP contribution is 2.33. The SMILES string of the molecule is CN(C)S(=O)(=O)c1ccc(N2CCCC2)c(C(=O)N[C@@H]2CCOc3ccccc32)c1. The first kappa shape index (κ1) is 20.7. The van der Waals surface area contributed by atoms with E-state index in [-0.39, 0.29) is 16.8 Å². The monoisotopic (exact) mass is 429 g/mol. The number of hydrogen-bond donors (Lipinski definition) is 1. The minimum atomic E-state index is -3.64. The van der Waals surface area contributed by atoms with E-state index in [4.69, 9.17) is 4.74 Å². The van der Waals surface area contributed by atoms with Crippen LogP contribution in [0.5, 0.6) is 5.75 Å². The summed E-state index contributed by atoms with van der Waals surface area (Å²) >= 11 is 0. The summed E-state index contributed by atoms with van der Waals surface area (Å²) in [6.07, 6.45) is 2.79. The zero-order valence-electron chi connectivity index (χ0n) is 17.3. The molecule has 2 heterocycles. The Balaban J connectivity index is 1.70. The largest absolute Gasteiger partial charge is 0.493 e. The quantitative estimate of drug-likeness (QED) is 0.791. The number of hydrogen-bond acceptors (Lipinski definition) is 5. The molecule has 0 aliphatic carbocycles. The lowest BCUT2D eigenvalue weighted by Gasteiger charge is -2.28. The Labute approximate surface area is 177 Å². The first-order valence-electron chi connectivity index (χ1n) is 10.2. The average Bonchev–Trinajstić information content (AvgIpc) is 3.28. The van der Waals surface area contributed by atoms with Crippen LogP contribution >= 0.6 is 0 Å². The van der Waals surface area contributed by atoms with Crippen LogP contribution in [0.25, 0.3) is 0 Å². The normalized spacial score (nSPS) is 18.8. The summed E-state index contributed by atoms with van der Waals surface area (Å²) in [5, 5.41) is 3.11. The van der Waals surface area contributed by atoms with Gasteiger partial charge in [-0.15, -0.1) is 0 Å². The van der Waals surface area contributed by atoms with Crippen molar-refractivity contribution in [1.29, 1.82) is 0 Å². The van der Waals surface area contributed by atoms with Crippen LogP contribution in [-0.4, -0.2) is 52.4 Å². The van der Waals surface area contributed by atoms with E-state index in [2.05, 4.69) is 10.2 Å². The molecule has 2 aliphatic heterocycles. The van der Waals surface area contributed by atoms with Gasteiger partial charge in [0, 0.05) is 44.9 Å². The molecule has 1 N–H and O–H groups in total. The van der Waals surface area contributed by atoms with Crippen molar-refractivity contribution in [2.75, 3.05) is 38.7 Å². The van der Waals surface area contributed by atoms with Crippen LogP contribution in [0, 0.1) is 0 Å². The van der Waals surface area contributed by atoms with E-state index in [9.17, 15) is 13.2 Å². The molecule has 4 rings (SSSR count). The van der Waals surface area contributed by atoms with Gasteiger partial charge in [0.05, 0.1) is 23.1 Å². The molecule has 0 unspecified atom stereocenters. The smallest absolute Gasteiger partial charge is 0.253 e. The number of nitrogens with one attached hydrogen (secondary N) is 1. The second-order valence-electron chi connectivity index (χ2n) is 7.86. The predicted molar refractivity (Wildman–Crippen MR) is 116 cm³/mol. The minimum Gasteiger partial charge on any atom is -0.493 e. The number of sulfonamides is 1. The molecule has 2 aromatic carbocycles. The number of fused-ring (bicyclic) bond motifs is 1. The summed E-state index contributed by atoms with van der Waals surface area (Å²) in [6, 6.07) is 12.3. The summed E-state index contributed by atoms with van der Waals surface area (Å²) in [7, 11) is -0.663. The van der Waals surface area contributed by atoms with Gasteiger partial charge in [0.1, 0.15) is 5.75 Å². The van der Waals surface area contributed by atoms with Gasteiger partial charge in [0.2, 0.25) is 10.0 Å². The van der Waals surface area contributed by atoms with Crippen molar-refractivity contribution in [3.05, 3.63) is 53.6 Å². The molecule has 0 radical (unpaired) electrons. The Morgan fingerprint density at radius 2 is 1.87 bits per heavy atom. The van der Waals surface area contributed by atoms with Crippen molar-refractivity contribution in [3.63, 3.8) is 0 Å². The molecule has 0 bridgehead atoms. The molecule has 30 heavy (non-hydrogen) atoms. The molecule has 0 saturated carbocycles. The van der Waals surface area contributed by atoms with E-state index in [1.165, 1.54) is 20.2 Å². The highest BCUT2D eigenvalue weighted by atomic mass is 32.2. The van der Waals surface area contributed by atoms with Gasteiger partial charge in [0.15, 0.2) is 0 Å². The first-order valence-corrected chi connectivity index (χ1v) is 11.7. The molecule has 2 aliphatic rings. The highest BCUT2D eigenvalue weighted by molar-refractivity contribution is 7.89. The number of carbonyl (C=O) groups is 1. The number of amides is 1. The number of carbonyl (C=O) groups excluding carboxylic acids is 1. The molecule has 0 spiro atoms. The van der Waals surface area contributed by atoms with Gasteiger partial charge < -0.3 is 15.0 Å². The topological polar surface area (TPSA) is 79.0 Å². The fourth-order valence-electron chi connectivity index (χ4n) is 4.03. The van der Waals surface area contributed by atoms with Crippen molar-refractivity contribution in [1.82, 2.24) is 9.62 Å². The summed E-state index contributed by atoms with van der Waals surface area (Å²) < 4.78 is 32.2. The van der Waals surface area contributed by atoms with Crippen LogP contribution in [0.15, 0.2) is 47.4 Å². The third-order valence-corrected chi connectivity index (χ3v) is 7.51. The predicted octanol–water partition coefficient (Wildman–Crippen LogP) is 2.79. The van der Waals surface area contributed by atoms with E-state index in [1.807, 2.05) is 24.3 Å². The number of anilines is 1. The zero-order chi connectivity index (χ0) is 21.3. The second kappa shape index (κ2) is 8.28. The van der Waals surface area contributed by atoms with Crippen LogP contribution in [-0.2, 0) is 10.0 Å². The van der Waals surface area contributed by atoms with E-state index in [1.54, 1.807) is 12.1 Å². The van der Waals surface area contributed by atoms with Crippen molar-refractivity contribution in [3.8, 4) is 5.75 Å². The zero-order valence-corrected chi connectivity index (χ0v) is 18.1. The Morgan fingerprint density at radius 1 is 1.13 bits per heavy atom. The first-order chi connectivity index (χ1) is 14.4. The summed E-state index contributed by atoms with van der Waals surface area (Å²) in [6.45, 7) is 2.25. The third-order valence-electron chi connectivity index (χ3n) is 5.70. The van der Waals surface area contributed by atoms with Crippen molar-refractivity contribution in [2.24, 2.45) is 0 Å². The molecule has 7 nitrogen and oxygen atoms in total. The van der Waals surface area contributed by atoms with Gasteiger partial charge >= 0.3 is 0 Å². The van der Waals surface area contributed by atoms with Crippen molar-refractivity contribution >= 4 is 21.6 Å². The molecule has 1 saturated heterocycles. The van der Waals surface area contributed by atoms with E-state index in [0.29, 0.717) is 18.6 Å². The lowest BCUT2D eigenvalue weighted by molar-refractivity contribution is 0.0925. The Morgan fingerprint density at radius 3 is 2.60 bits per heavy atom. The Hall–Kier alpha value is -2.58. The molecule has 160 valence electrons. The summed E-state index contributed by atoms with van der Waals surface area (Å²) in [5.41, 5.74) is 2.11. The average molecular weight is 430 g/mol. The molecular formula is C22H27N3O4S. The fraction of sp³-hybridized carbons (Fsp3) is 0.409. The third kappa shape index (κ3) is 3.89. The minimum absolute atomic E-state index is 0.118. The summed E-state index contributed by atoms with van der Waals surface area (Å²) in [5.74, 6) is 0.507. The number of para-hydroxylation sites is 1. The Bertz CT molecular complexity index is 1050. The van der Waals surface area contributed by atoms with Crippen LogP contribution < -0.4 is 15.0 Å². The molecule has 1 atom stereocenters. The van der Waals surface area contributed by atoms with Crippen molar-refractivity contribution < 1.29 is 17.9 Å². The number of nitrogens with zero attached hydrogens (tertiary/aromatic N) is 2. The highest BCUT2D eigenvalue weighted by Gasteiger charge is 2.28. The van der Waals surface area contributed by atoms with Crippen LogP contribution in [0.3, 0.4) is 0 Å². The number of rotatable bonds is 5. The van der Waals surface area contributed by atoms with Gasteiger partial charge in [-0.3, -0.25) is 4.79 Å². The maximum absolute atomic E-state index is 13.4. The van der Waals surface area contributed by atoms with Gasteiger partial charge in [-0.2, -0.15) is 0 Å². The fourth-order valence-corrected chi connectivity index (χ4v) is 4.96. The lowest BCUT2D eigenvalue weighted by atomic mass is 10.00. The molecule has 0 aromatic heterocycles. The van der Waals surface area contributed by atoms with Crippen LogP contribution in [0.2, 0.25) is 0 Å². The van der Waals surface area contributed by atoms with Gasteiger partial charge in [0.25, 0.3) is 5.91 Å². The standard InChI is InChI=1S/C22H27N3O4S/c1-24(2)30(27,28)16-9-10-20(25-12-5-6-13-25)18(15-16)22(26)23-19-11-14-29-21-8-4-3-7-17(19)21/h3-4,7-10,15,19H,5-6,11-14H2,1-2H3,(H,23,26)/t19-/m1/s1. The van der Waals surface area contributed by atoms with Crippen molar-refractivity contribution in [2.45, 2.75) is 30.2 Å². The Kier molecular flexibility index (Phi) is 5.71. The number of benzene rings is 2. The van der Waals surface area contributed by atoms with Gasteiger partial charge in [-0.25, -0.2) is 12.7 Å². The lowest BCUT2D eigenvalue weighted by Crippen LogP contribution is -2.34.